The average Bonchev–Trinajstić information content (AvgIpc) is 3.78. The van der Waals surface area contributed by atoms with Gasteiger partial charge in [-0.25, -0.2) is 23.9 Å². The number of methoxy groups -OCH3 is 3. The summed E-state index contributed by atoms with van der Waals surface area (Å²) in [4.78, 5) is 51.1. The number of rotatable bonds is 13. The fraction of sp³-hybridized carbons (Fsp3) is 0.196. The molecule has 0 radical (unpaired) electrons. The molecule has 4 atom stereocenters. The van der Waals surface area contributed by atoms with Crippen molar-refractivity contribution in [1.29, 1.82) is 0 Å². The third kappa shape index (κ3) is 7.22. The van der Waals surface area contributed by atoms with Crippen LogP contribution in [0.3, 0.4) is 0 Å². The Morgan fingerprint density at radius 2 is 1.27 bits per heavy atom. The number of ether oxygens (including phenoxy) is 5. The van der Waals surface area contributed by atoms with Crippen LogP contribution in [0.5, 0.6) is 11.5 Å². The summed E-state index contributed by atoms with van der Waals surface area (Å²) in [6.07, 6.45) is -3.71. The van der Waals surface area contributed by atoms with Crippen LogP contribution in [0.4, 0.5) is 5.82 Å². The van der Waals surface area contributed by atoms with E-state index in [-0.39, 0.29) is 29.2 Å². The summed E-state index contributed by atoms with van der Waals surface area (Å²) < 4.78 is 32.5. The number of nitrogens with one attached hydrogen (secondary N) is 1. The molecule has 0 saturated carbocycles. The molecule has 1 saturated heterocycles. The van der Waals surface area contributed by atoms with Gasteiger partial charge in [0.1, 0.15) is 47.3 Å². The number of aromatic nitrogens is 4. The third-order valence-electron chi connectivity index (χ3n) is 10.6. The van der Waals surface area contributed by atoms with Gasteiger partial charge in [-0.05, 0) is 65.2 Å². The summed E-state index contributed by atoms with van der Waals surface area (Å²) in [7, 11) is 4.57. The number of fused-ring (bicyclic) bond motifs is 1. The normalized spacial score (nSPS) is 17.7. The molecule has 0 spiro atoms. The van der Waals surface area contributed by atoms with Crippen molar-refractivity contribution in [1.82, 2.24) is 19.1 Å². The van der Waals surface area contributed by atoms with Gasteiger partial charge in [0.15, 0.2) is 17.7 Å². The van der Waals surface area contributed by atoms with Crippen LogP contribution in [-0.2, 0) is 19.8 Å². The number of aliphatic hydroxyl groups excluding tert-OH is 1. The van der Waals surface area contributed by atoms with E-state index in [2.05, 4.69) is 15.3 Å². The molecule has 8 rings (SSSR count). The summed E-state index contributed by atoms with van der Waals surface area (Å²) in [5, 5.41) is 14.7. The van der Waals surface area contributed by atoms with Gasteiger partial charge in [-0.3, -0.25) is 9.59 Å². The second kappa shape index (κ2) is 17.1. The predicted molar refractivity (Wildman–Crippen MR) is 221 cm³/mol. The fourth-order valence-corrected chi connectivity index (χ4v) is 7.63. The second-order valence-electron chi connectivity index (χ2n) is 13.9. The molecule has 1 unspecified atom stereocenters. The lowest BCUT2D eigenvalue weighted by atomic mass is 9.80. The number of hydrogen-bond acceptors (Lipinski definition) is 11. The molecule has 2 aromatic heterocycles. The summed E-state index contributed by atoms with van der Waals surface area (Å²) in [6.45, 7) is -0.200. The standard InChI is InChI=1S/C46H41N5O9/c1-56-34-23-19-32(20-24-34)46(31-17-11-6-12-18-31,33-21-25-35(57-2)26-22-33)59-27-36-38(52)39(58-3)44(60-36)51-41-37(50(45(51)55)43(54)30-15-9-5-10-16-30)40(47-28-48-41)49-42(53)29-13-7-4-8-14-29/h4-26,28,36,38-39,44,52H,27H2,1-3H3,(H,47,48,49,53)/t36-,38?,39+,44-/m1/s1. The summed E-state index contributed by atoms with van der Waals surface area (Å²) >= 11 is 0. The van der Waals surface area contributed by atoms with Crippen molar-refractivity contribution in [2.45, 2.75) is 30.1 Å². The Bertz CT molecular complexity index is 2610. The number of nitrogens with zero attached hydrogens (tertiary/aromatic N) is 4. The number of amides is 1. The molecule has 1 aliphatic heterocycles. The molecular formula is C46H41N5O9. The Morgan fingerprint density at radius 1 is 0.733 bits per heavy atom. The van der Waals surface area contributed by atoms with E-state index in [4.69, 9.17) is 23.7 Å². The van der Waals surface area contributed by atoms with Crippen LogP contribution in [0.15, 0.2) is 151 Å². The van der Waals surface area contributed by atoms with Crippen molar-refractivity contribution in [3.05, 3.63) is 184 Å². The molecule has 3 heterocycles. The molecule has 1 amide bonds. The quantitative estimate of drug-likeness (QED) is 0.135. The highest BCUT2D eigenvalue weighted by Crippen LogP contribution is 2.43. The van der Waals surface area contributed by atoms with Gasteiger partial charge >= 0.3 is 5.69 Å². The van der Waals surface area contributed by atoms with Crippen molar-refractivity contribution >= 4 is 28.8 Å². The van der Waals surface area contributed by atoms with E-state index in [0.29, 0.717) is 17.1 Å². The molecular weight excluding hydrogens is 767 g/mol. The predicted octanol–water partition coefficient (Wildman–Crippen LogP) is 5.83. The minimum Gasteiger partial charge on any atom is -0.497 e. The number of hydrogen-bond donors (Lipinski definition) is 2. The fourth-order valence-electron chi connectivity index (χ4n) is 7.63. The molecule has 14 nitrogen and oxygen atoms in total. The van der Waals surface area contributed by atoms with Gasteiger partial charge in [0.2, 0.25) is 0 Å². The van der Waals surface area contributed by atoms with Gasteiger partial charge in [-0.1, -0.05) is 91.0 Å². The van der Waals surface area contributed by atoms with Crippen molar-refractivity contribution in [3.8, 4) is 11.5 Å². The first-order valence-corrected chi connectivity index (χ1v) is 19.1. The van der Waals surface area contributed by atoms with E-state index in [1.54, 1.807) is 74.9 Å². The first kappa shape index (κ1) is 39.8. The zero-order valence-corrected chi connectivity index (χ0v) is 32.9. The van der Waals surface area contributed by atoms with E-state index < -0.39 is 47.6 Å². The summed E-state index contributed by atoms with van der Waals surface area (Å²) in [6, 6.07) is 41.3. The highest BCUT2D eigenvalue weighted by Gasteiger charge is 2.49. The van der Waals surface area contributed by atoms with Crippen LogP contribution in [0.25, 0.3) is 11.2 Å². The zero-order chi connectivity index (χ0) is 41.8. The molecule has 0 bridgehead atoms. The molecule has 14 heteroatoms. The Labute approximate surface area is 344 Å². The summed E-state index contributed by atoms with van der Waals surface area (Å²) in [5.41, 5.74) is 0.594. The molecule has 7 aromatic rings. The Kier molecular flexibility index (Phi) is 11.3. The van der Waals surface area contributed by atoms with Gasteiger partial charge in [-0.2, -0.15) is 0 Å². The number of aliphatic hydroxyl groups is 1. The first-order valence-electron chi connectivity index (χ1n) is 19.1. The molecule has 60 heavy (non-hydrogen) atoms. The van der Waals surface area contributed by atoms with Crippen LogP contribution < -0.4 is 20.5 Å². The minimum atomic E-state index is -1.34. The Hall–Kier alpha value is -6.97. The second-order valence-corrected chi connectivity index (χ2v) is 13.9. The number of anilines is 1. The third-order valence-corrected chi connectivity index (χ3v) is 10.6. The lowest BCUT2D eigenvalue weighted by molar-refractivity contribution is -0.0955. The van der Waals surface area contributed by atoms with Crippen LogP contribution in [0.1, 0.15) is 43.6 Å². The lowest BCUT2D eigenvalue weighted by Gasteiger charge is -2.37. The average molecular weight is 808 g/mol. The molecule has 2 N–H and O–H groups in total. The van der Waals surface area contributed by atoms with Gasteiger partial charge < -0.3 is 34.1 Å². The monoisotopic (exact) mass is 807 g/mol. The number of imidazole rings is 1. The lowest BCUT2D eigenvalue weighted by Crippen LogP contribution is -2.40. The van der Waals surface area contributed by atoms with Gasteiger partial charge in [-0.15, -0.1) is 0 Å². The van der Waals surface area contributed by atoms with E-state index in [1.165, 1.54) is 13.4 Å². The maximum atomic E-state index is 14.7. The van der Waals surface area contributed by atoms with Crippen LogP contribution in [0, 0.1) is 0 Å². The van der Waals surface area contributed by atoms with Gasteiger partial charge in [0, 0.05) is 18.2 Å². The maximum Gasteiger partial charge on any atom is 0.339 e. The van der Waals surface area contributed by atoms with Crippen LogP contribution >= 0.6 is 0 Å². The van der Waals surface area contributed by atoms with Crippen molar-refractivity contribution in [2.75, 3.05) is 33.3 Å². The highest BCUT2D eigenvalue weighted by molar-refractivity contribution is 6.09. The minimum absolute atomic E-state index is 0.0430. The van der Waals surface area contributed by atoms with Gasteiger partial charge in [0.25, 0.3) is 11.8 Å². The Morgan fingerprint density at radius 3 is 1.82 bits per heavy atom. The van der Waals surface area contributed by atoms with Crippen molar-refractivity contribution in [2.24, 2.45) is 0 Å². The maximum absolute atomic E-state index is 14.7. The van der Waals surface area contributed by atoms with E-state index >= 15 is 0 Å². The highest BCUT2D eigenvalue weighted by atomic mass is 16.6. The van der Waals surface area contributed by atoms with E-state index in [9.17, 15) is 19.5 Å². The molecule has 304 valence electrons. The number of carbonyl (C=O) groups excluding carboxylic acids is 2. The number of benzene rings is 5. The largest absolute Gasteiger partial charge is 0.497 e. The van der Waals surface area contributed by atoms with E-state index in [0.717, 1.165) is 25.8 Å². The number of carbonyl (C=O) groups is 2. The molecule has 0 aliphatic carbocycles. The van der Waals surface area contributed by atoms with Crippen LogP contribution in [-0.4, -0.2) is 82.3 Å². The smallest absolute Gasteiger partial charge is 0.339 e. The Balaban J connectivity index is 1.22. The molecule has 1 fully saturated rings. The molecule has 5 aromatic carbocycles. The van der Waals surface area contributed by atoms with Crippen LogP contribution in [0.2, 0.25) is 0 Å². The topological polar surface area (TPSA) is 165 Å². The van der Waals surface area contributed by atoms with Crippen molar-refractivity contribution < 1.29 is 38.4 Å². The SMILES string of the molecule is COc1ccc(C(OC[C@H]2O[C@@H](n3c(=O)n(C(=O)c4ccccc4)c4c(NC(=O)c5ccccc5)ncnc43)[C@@H](OC)C2O)(c2ccccc2)c2ccc(OC)cc2)cc1. The summed E-state index contributed by atoms with van der Waals surface area (Å²) in [5.74, 6) is -0.0125. The van der Waals surface area contributed by atoms with Crippen molar-refractivity contribution in [3.63, 3.8) is 0 Å². The van der Waals surface area contributed by atoms with E-state index in [1.807, 2.05) is 78.9 Å². The van der Waals surface area contributed by atoms with Gasteiger partial charge in [0.05, 0.1) is 20.8 Å². The first-order chi connectivity index (χ1) is 29.3. The molecule has 1 aliphatic rings. The zero-order valence-electron chi connectivity index (χ0n) is 32.9.